The fourth-order valence-electron chi connectivity index (χ4n) is 3.17. The molecule has 0 aromatic heterocycles. The minimum Gasteiger partial charge on any atom is -0.496 e. The lowest BCUT2D eigenvalue weighted by molar-refractivity contribution is -0.123. The Morgan fingerprint density at radius 3 is 2.71 bits per heavy atom. The van der Waals surface area contributed by atoms with Crippen molar-refractivity contribution in [1.82, 2.24) is 9.62 Å². The molecule has 0 spiro atoms. The summed E-state index contributed by atoms with van der Waals surface area (Å²) in [6.45, 7) is 3.04. The Morgan fingerprint density at radius 1 is 1.29 bits per heavy atom. The van der Waals surface area contributed by atoms with E-state index in [0.717, 1.165) is 9.87 Å². The minimum absolute atomic E-state index is 0.00891. The van der Waals surface area contributed by atoms with Gasteiger partial charge in [0.1, 0.15) is 11.5 Å². The average molecular weight is 448 g/mol. The molecule has 0 bridgehead atoms. The van der Waals surface area contributed by atoms with Gasteiger partial charge < -0.3 is 20.1 Å². The molecule has 0 saturated heterocycles. The topological polar surface area (TPSA) is 114 Å². The number of benzene rings is 2. The van der Waals surface area contributed by atoms with E-state index in [-0.39, 0.29) is 29.6 Å². The summed E-state index contributed by atoms with van der Waals surface area (Å²) in [5.74, 6) is 0.149. The average Bonchev–Trinajstić information content (AvgIpc) is 2.73. The molecule has 3 rings (SSSR count). The highest BCUT2D eigenvalue weighted by Crippen LogP contribution is 2.35. The highest BCUT2D eigenvalue weighted by Gasteiger charge is 2.30. The molecule has 0 radical (unpaired) electrons. The zero-order valence-corrected chi connectivity index (χ0v) is 18.6. The first-order valence-electron chi connectivity index (χ1n) is 9.60. The van der Waals surface area contributed by atoms with Crippen LogP contribution in [0.5, 0.6) is 11.5 Å². The number of rotatable bonds is 7. The van der Waals surface area contributed by atoms with E-state index in [2.05, 4.69) is 10.6 Å². The number of para-hydroxylation sites is 1. The van der Waals surface area contributed by atoms with E-state index in [1.165, 1.54) is 20.2 Å². The first kappa shape index (κ1) is 22.6. The highest BCUT2D eigenvalue weighted by molar-refractivity contribution is 7.89. The molecule has 31 heavy (non-hydrogen) atoms. The monoisotopic (exact) mass is 447 g/mol. The van der Waals surface area contributed by atoms with Crippen LogP contribution in [-0.2, 0) is 26.2 Å². The minimum atomic E-state index is -3.97. The molecular formula is C21H25N3O6S. The summed E-state index contributed by atoms with van der Waals surface area (Å²) in [6.07, 6.45) is -0.732. The Labute approximate surface area is 181 Å². The quantitative estimate of drug-likeness (QED) is 0.667. The number of nitrogens with zero attached hydrogens (tertiary/aromatic N) is 1. The van der Waals surface area contributed by atoms with Gasteiger partial charge in [-0.3, -0.25) is 9.59 Å². The lowest BCUT2D eigenvalue weighted by Crippen LogP contribution is -2.38. The molecule has 0 fully saturated rings. The maximum atomic E-state index is 13.1. The van der Waals surface area contributed by atoms with Crippen LogP contribution in [-0.4, -0.2) is 51.3 Å². The second-order valence-corrected chi connectivity index (χ2v) is 9.23. The van der Waals surface area contributed by atoms with Gasteiger partial charge >= 0.3 is 0 Å². The van der Waals surface area contributed by atoms with E-state index >= 15 is 0 Å². The predicted octanol–water partition coefficient (Wildman–Crippen LogP) is 1.66. The van der Waals surface area contributed by atoms with Crippen molar-refractivity contribution in [3.8, 4) is 11.5 Å². The molecule has 0 saturated carbocycles. The maximum Gasteiger partial charge on any atom is 0.265 e. The number of sulfonamides is 1. The van der Waals surface area contributed by atoms with Crippen LogP contribution in [0, 0.1) is 6.92 Å². The van der Waals surface area contributed by atoms with Crippen molar-refractivity contribution in [2.45, 2.75) is 31.4 Å². The normalized spacial score (nSPS) is 15.6. The van der Waals surface area contributed by atoms with Crippen molar-refractivity contribution < 1.29 is 27.5 Å². The van der Waals surface area contributed by atoms with Gasteiger partial charge in [0.25, 0.3) is 5.91 Å². The molecule has 9 nitrogen and oxygen atoms in total. The van der Waals surface area contributed by atoms with Crippen molar-refractivity contribution in [2.75, 3.05) is 26.0 Å². The number of ether oxygens (including phenoxy) is 2. The maximum absolute atomic E-state index is 13.1. The number of carbonyl (C=O) groups excluding carboxylic acids is 2. The van der Waals surface area contributed by atoms with Crippen LogP contribution in [0.1, 0.15) is 18.1 Å². The van der Waals surface area contributed by atoms with Gasteiger partial charge in [-0.2, -0.15) is 4.31 Å². The number of hydrogen-bond donors (Lipinski definition) is 2. The van der Waals surface area contributed by atoms with Gasteiger partial charge in [-0.25, -0.2) is 8.42 Å². The Balaban J connectivity index is 1.72. The van der Waals surface area contributed by atoms with Gasteiger partial charge in [-0.05, 0) is 31.5 Å². The molecule has 1 atom stereocenters. The molecule has 1 aliphatic heterocycles. The van der Waals surface area contributed by atoms with Crippen molar-refractivity contribution in [2.24, 2.45) is 0 Å². The lowest BCUT2D eigenvalue weighted by Gasteiger charge is -2.25. The molecule has 2 N–H and O–H groups in total. The third-order valence-electron chi connectivity index (χ3n) is 4.93. The van der Waals surface area contributed by atoms with Crippen LogP contribution < -0.4 is 20.1 Å². The van der Waals surface area contributed by atoms with Gasteiger partial charge in [0.15, 0.2) is 6.10 Å². The summed E-state index contributed by atoms with van der Waals surface area (Å²) in [5.41, 5.74) is 1.62. The summed E-state index contributed by atoms with van der Waals surface area (Å²) in [4.78, 5) is 24.1. The number of nitrogens with one attached hydrogen (secondary N) is 2. The van der Waals surface area contributed by atoms with Crippen molar-refractivity contribution in [1.29, 1.82) is 0 Å². The van der Waals surface area contributed by atoms with E-state index in [1.807, 2.05) is 18.2 Å². The molecule has 2 aromatic carbocycles. The second kappa shape index (κ2) is 8.94. The summed E-state index contributed by atoms with van der Waals surface area (Å²) in [5, 5.41) is 5.39. The van der Waals surface area contributed by atoms with Crippen molar-refractivity contribution in [3.05, 3.63) is 47.5 Å². The number of carbonyl (C=O) groups is 2. The van der Waals surface area contributed by atoms with Crippen LogP contribution in [0.3, 0.4) is 0 Å². The molecule has 166 valence electrons. The van der Waals surface area contributed by atoms with Crippen molar-refractivity contribution in [3.63, 3.8) is 0 Å². The molecule has 2 amide bonds. The molecule has 1 aliphatic rings. The molecule has 0 aliphatic carbocycles. The number of anilines is 1. The number of hydrogen-bond acceptors (Lipinski definition) is 6. The van der Waals surface area contributed by atoms with E-state index in [4.69, 9.17) is 9.47 Å². The van der Waals surface area contributed by atoms with Crippen LogP contribution in [0.25, 0.3) is 0 Å². The first-order chi connectivity index (χ1) is 14.6. The molecule has 10 heteroatoms. The molecule has 0 unspecified atom stereocenters. The molecule has 2 aromatic rings. The summed E-state index contributed by atoms with van der Waals surface area (Å²) < 4.78 is 37.9. The number of amides is 2. The number of likely N-dealkylation sites (N-methyl/N-ethyl adjacent to an activating group) is 1. The van der Waals surface area contributed by atoms with Gasteiger partial charge in [-0.15, -0.1) is 0 Å². The lowest BCUT2D eigenvalue weighted by atomic mass is 10.1. The number of fused-ring (bicyclic) bond motifs is 1. The fraction of sp³-hybridized carbons (Fsp3) is 0.333. The van der Waals surface area contributed by atoms with Crippen molar-refractivity contribution >= 4 is 27.5 Å². The first-order valence-corrected chi connectivity index (χ1v) is 11.0. The zero-order valence-electron chi connectivity index (χ0n) is 17.8. The number of aryl methyl sites for hydroxylation is 1. The van der Waals surface area contributed by atoms with E-state index in [9.17, 15) is 18.0 Å². The molecule has 1 heterocycles. The van der Waals surface area contributed by atoms with E-state index in [0.29, 0.717) is 17.0 Å². The van der Waals surface area contributed by atoms with E-state index in [1.54, 1.807) is 26.0 Å². The summed E-state index contributed by atoms with van der Waals surface area (Å²) in [6, 6.07) is 10.2. The predicted molar refractivity (Wildman–Crippen MR) is 115 cm³/mol. The van der Waals surface area contributed by atoms with Crippen LogP contribution in [0.2, 0.25) is 0 Å². The van der Waals surface area contributed by atoms with Crippen LogP contribution in [0.4, 0.5) is 5.69 Å². The Morgan fingerprint density at radius 2 is 2.00 bits per heavy atom. The smallest absolute Gasteiger partial charge is 0.265 e. The van der Waals surface area contributed by atoms with Gasteiger partial charge in [0.2, 0.25) is 15.9 Å². The third-order valence-corrected chi connectivity index (χ3v) is 6.88. The summed E-state index contributed by atoms with van der Waals surface area (Å²) >= 11 is 0. The van der Waals surface area contributed by atoms with Crippen LogP contribution in [0.15, 0.2) is 41.3 Å². The van der Waals surface area contributed by atoms with Gasteiger partial charge in [0, 0.05) is 25.2 Å². The molecular weight excluding hydrogens is 422 g/mol. The second-order valence-electron chi connectivity index (χ2n) is 7.21. The van der Waals surface area contributed by atoms with Gasteiger partial charge in [-0.1, -0.05) is 18.2 Å². The zero-order chi connectivity index (χ0) is 22.8. The van der Waals surface area contributed by atoms with E-state index < -0.39 is 22.0 Å². The summed E-state index contributed by atoms with van der Waals surface area (Å²) in [7, 11) is -1.09. The number of methoxy groups -OCH3 is 1. The largest absolute Gasteiger partial charge is 0.496 e. The van der Waals surface area contributed by atoms with Crippen LogP contribution >= 0.6 is 0 Å². The Bertz CT molecular complexity index is 1120. The fourth-order valence-corrected chi connectivity index (χ4v) is 4.52. The SMILES string of the molecule is COc1ccccc1CNC(=O)CN(C)S(=O)(=O)c1cc2c(cc1C)NC(=O)[C@@H](C)O2. The highest BCUT2D eigenvalue weighted by atomic mass is 32.2. The Hall–Kier alpha value is -3.11. The van der Waals surface area contributed by atoms with Gasteiger partial charge in [0.05, 0.1) is 24.2 Å². The third kappa shape index (κ3) is 4.80. The standard InChI is InChI=1S/C21H25N3O6S/c1-13-9-16-18(30-14(2)21(26)23-16)10-19(13)31(27,28)24(3)12-20(25)22-11-15-7-5-6-8-17(15)29-4/h5-10,14H,11-12H2,1-4H3,(H,22,25)(H,23,26)/t14-/m1/s1. The Kier molecular flexibility index (Phi) is 6.51.